The minimum absolute atomic E-state index is 0.585. The van der Waals surface area contributed by atoms with Gasteiger partial charge in [0.25, 0.3) is 0 Å². The van der Waals surface area contributed by atoms with Crippen LogP contribution in [0, 0.1) is 10.5 Å². The molecule has 0 radical (unpaired) electrons. The number of rotatable bonds is 2. The third kappa shape index (κ3) is 2.52. The third-order valence-corrected chi connectivity index (χ3v) is 2.51. The van der Waals surface area contributed by atoms with E-state index in [0.717, 1.165) is 14.0 Å². The Bertz CT molecular complexity index is 302. The van der Waals surface area contributed by atoms with Gasteiger partial charge in [-0.3, -0.25) is 0 Å². The molecule has 0 aromatic heterocycles. The molecule has 72 valence electrons. The Morgan fingerprint density at radius 1 is 1.38 bits per heavy atom. The van der Waals surface area contributed by atoms with Crippen molar-refractivity contribution in [1.82, 2.24) is 0 Å². The van der Waals surface area contributed by atoms with Gasteiger partial charge >= 0.3 is 6.55 Å². The summed E-state index contributed by atoms with van der Waals surface area (Å²) in [6, 6.07) is 5.50. The lowest BCUT2D eigenvalue weighted by molar-refractivity contribution is 0.149. The van der Waals surface area contributed by atoms with Crippen LogP contribution in [0.4, 0.5) is 14.5 Å². The lowest BCUT2D eigenvalue weighted by atomic mass is 10.2. The molecule has 4 heteroatoms. The second-order valence-corrected chi connectivity index (χ2v) is 4.07. The van der Waals surface area contributed by atoms with Crippen molar-refractivity contribution in [2.75, 3.05) is 11.9 Å². The van der Waals surface area contributed by atoms with Gasteiger partial charge in [-0.1, -0.05) is 6.07 Å². The summed E-state index contributed by atoms with van der Waals surface area (Å²) in [5.74, 6) is 0. The number of hydrogen-bond acceptors (Lipinski definition) is 1. The van der Waals surface area contributed by atoms with Gasteiger partial charge in [-0.05, 0) is 47.2 Å². The van der Waals surface area contributed by atoms with Gasteiger partial charge in [-0.25, -0.2) is 0 Å². The first-order chi connectivity index (χ1) is 6.02. The summed E-state index contributed by atoms with van der Waals surface area (Å²) < 4.78 is 25.7. The van der Waals surface area contributed by atoms with Crippen LogP contribution in [-0.4, -0.2) is 13.6 Å². The van der Waals surface area contributed by atoms with E-state index in [1.807, 2.05) is 19.1 Å². The van der Waals surface area contributed by atoms with Gasteiger partial charge in [0.05, 0.1) is 0 Å². The van der Waals surface area contributed by atoms with Crippen LogP contribution in [0.1, 0.15) is 5.56 Å². The van der Waals surface area contributed by atoms with E-state index < -0.39 is 6.55 Å². The summed E-state index contributed by atoms with van der Waals surface area (Å²) in [7, 11) is 1.39. The van der Waals surface area contributed by atoms with Crippen LogP contribution in [0.25, 0.3) is 0 Å². The highest BCUT2D eigenvalue weighted by Gasteiger charge is 2.13. The Kier molecular flexibility index (Phi) is 3.47. The first-order valence-electron chi connectivity index (χ1n) is 3.79. The molecular formula is C9H10F2IN. The van der Waals surface area contributed by atoms with Crippen LogP contribution in [0.5, 0.6) is 0 Å². The number of nitrogens with zero attached hydrogens (tertiary/aromatic N) is 1. The van der Waals surface area contributed by atoms with Crippen molar-refractivity contribution in [2.24, 2.45) is 0 Å². The van der Waals surface area contributed by atoms with E-state index in [4.69, 9.17) is 0 Å². The van der Waals surface area contributed by atoms with E-state index in [1.165, 1.54) is 7.05 Å². The molecule has 1 rings (SSSR count). The molecular weight excluding hydrogens is 287 g/mol. The topological polar surface area (TPSA) is 3.24 Å². The maximum absolute atomic E-state index is 12.3. The molecule has 1 aromatic rings. The Hall–Kier alpha value is -0.390. The molecule has 0 N–H and O–H groups in total. The van der Waals surface area contributed by atoms with Crippen molar-refractivity contribution >= 4 is 28.3 Å². The van der Waals surface area contributed by atoms with Crippen LogP contribution in [0.3, 0.4) is 0 Å². The minimum atomic E-state index is -2.45. The molecule has 0 bridgehead atoms. The predicted molar refractivity (Wildman–Crippen MR) is 58.3 cm³/mol. The number of aryl methyl sites for hydroxylation is 1. The number of halogens is 3. The molecule has 0 amide bonds. The highest BCUT2D eigenvalue weighted by atomic mass is 127. The molecule has 0 aliphatic rings. The Labute approximate surface area is 89.9 Å². The van der Waals surface area contributed by atoms with Crippen molar-refractivity contribution in [3.63, 3.8) is 0 Å². The van der Waals surface area contributed by atoms with E-state index in [0.29, 0.717) is 5.69 Å². The molecule has 0 atom stereocenters. The number of anilines is 1. The first kappa shape index (κ1) is 10.7. The average molecular weight is 297 g/mol. The lowest BCUT2D eigenvalue weighted by Crippen LogP contribution is -2.24. The number of hydrogen-bond donors (Lipinski definition) is 0. The average Bonchev–Trinajstić information content (AvgIpc) is 2.08. The highest BCUT2D eigenvalue weighted by molar-refractivity contribution is 14.1. The Morgan fingerprint density at radius 2 is 2.00 bits per heavy atom. The van der Waals surface area contributed by atoms with Crippen LogP contribution in [-0.2, 0) is 0 Å². The van der Waals surface area contributed by atoms with Gasteiger partial charge < -0.3 is 4.90 Å². The zero-order chi connectivity index (χ0) is 10.0. The third-order valence-electron chi connectivity index (χ3n) is 1.84. The van der Waals surface area contributed by atoms with Crippen LogP contribution < -0.4 is 4.90 Å². The SMILES string of the molecule is Cc1ccc(I)cc1N(C)C(F)F. The minimum Gasteiger partial charge on any atom is -0.319 e. The predicted octanol–water partition coefficient (Wildman–Crippen LogP) is 3.26. The van der Waals surface area contributed by atoms with Gasteiger partial charge in [0.2, 0.25) is 0 Å². The maximum Gasteiger partial charge on any atom is 0.315 e. The molecule has 13 heavy (non-hydrogen) atoms. The second kappa shape index (κ2) is 4.21. The van der Waals surface area contributed by atoms with E-state index in [-0.39, 0.29) is 0 Å². The summed E-state index contributed by atoms with van der Waals surface area (Å²) in [4.78, 5) is 0.970. The molecule has 0 saturated heterocycles. The monoisotopic (exact) mass is 297 g/mol. The fourth-order valence-corrected chi connectivity index (χ4v) is 1.54. The Morgan fingerprint density at radius 3 is 2.54 bits per heavy atom. The highest BCUT2D eigenvalue weighted by Crippen LogP contribution is 2.23. The van der Waals surface area contributed by atoms with Crippen molar-refractivity contribution in [2.45, 2.75) is 13.5 Å². The van der Waals surface area contributed by atoms with Gasteiger partial charge in [-0.15, -0.1) is 0 Å². The first-order valence-corrected chi connectivity index (χ1v) is 4.87. The van der Waals surface area contributed by atoms with E-state index in [1.54, 1.807) is 6.07 Å². The van der Waals surface area contributed by atoms with Gasteiger partial charge in [0.15, 0.2) is 0 Å². The molecule has 0 aliphatic carbocycles. The fraction of sp³-hybridized carbons (Fsp3) is 0.333. The Balaban J connectivity index is 3.05. The molecule has 0 spiro atoms. The van der Waals surface area contributed by atoms with Crippen LogP contribution in [0.15, 0.2) is 18.2 Å². The molecule has 0 aliphatic heterocycles. The van der Waals surface area contributed by atoms with Crippen molar-refractivity contribution in [1.29, 1.82) is 0 Å². The molecule has 0 fully saturated rings. The number of alkyl halides is 2. The fourth-order valence-electron chi connectivity index (χ4n) is 1.07. The van der Waals surface area contributed by atoms with Crippen LogP contribution in [0.2, 0.25) is 0 Å². The zero-order valence-electron chi connectivity index (χ0n) is 7.39. The van der Waals surface area contributed by atoms with Crippen molar-refractivity contribution < 1.29 is 8.78 Å². The lowest BCUT2D eigenvalue weighted by Gasteiger charge is -2.20. The standard InChI is InChI=1S/C9H10F2IN/c1-6-3-4-7(12)5-8(6)13(2)9(10)11/h3-5,9H,1-2H3. The quantitative estimate of drug-likeness (QED) is 0.598. The summed E-state index contributed by atoms with van der Waals surface area (Å²) in [5.41, 5.74) is 1.45. The largest absolute Gasteiger partial charge is 0.319 e. The van der Waals surface area contributed by atoms with Gasteiger partial charge in [-0.2, -0.15) is 8.78 Å². The summed E-state index contributed by atoms with van der Waals surface area (Å²) >= 11 is 2.11. The second-order valence-electron chi connectivity index (χ2n) is 2.82. The van der Waals surface area contributed by atoms with Gasteiger partial charge in [0.1, 0.15) is 0 Å². The summed E-state index contributed by atoms with van der Waals surface area (Å²) in [6.07, 6.45) is 0. The molecule has 1 aromatic carbocycles. The van der Waals surface area contributed by atoms with E-state index in [2.05, 4.69) is 22.6 Å². The van der Waals surface area contributed by atoms with E-state index >= 15 is 0 Å². The van der Waals surface area contributed by atoms with Crippen molar-refractivity contribution in [3.05, 3.63) is 27.3 Å². The molecule has 1 nitrogen and oxygen atoms in total. The number of benzene rings is 1. The molecule has 0 saturated carbocycles. The van der Waals surface area contributed by atoms with Crippen molar-refractivity contribution in [3.8, 4) is 0 Å². The maximum atomic E-state index is 12.3. The normalized spacial score (nSPS) is 10.6. The summed E-state index contributed by atoms with van der Waals surface area (Å²) in [5, 5.41) is 0. The van der Waals surface area contributed by atoms with E-state index in [9.17, 15) is 8.78 Å². The molecule has 0 heterocycles. The van der Waals surface area contributed by atoms with Crippen LogP contribution >= 0.6 is 22.6 Å². The summed E-state index contributed by atoms with van der Waals surface area (Å²) in [6.45, 7) is -0.624. The smallest absolute Gasteiger partial charge is 0.315 e. The molecule has 0 unspecified atom stereocenters. The zero-order valence-corrected chi connectivity index (χ0v) is 9.55. The van der Waals surface area contributed by atoms with Gasteiger partial charge in [0, 0.05) is 16.3 Å².